The Morgan fingerprint density at radius 3 is 2.61 bits per heavy atom. The molecule has 2 aromatic rings. The maximum Gasteiger partial charge on any atom is 0.412 e. The first-order valence-corrected chi connectivity index (χ1v) is 10.2. The molecule has 1 saturated carbocycles. The molecule has 10 heteroatoms. The van der Waals surface area contributed by atoms with Gasteiger partial charge in [0.1, 0.15) is 11.4 Å². The van der Waals surface area contributed by atoms with E-state index in [2.05, 4.69) is 25.9 Å². The molecule has 0 bridgehead atoms. The third-order valence-corrected chi connectivity index (χ3v) is 4.72. The number of carbonyl (C=O) groups excluding carboxylic acids is 1. The van der Waals surface area contributed by atoms with Gasteiger partial charge in [0.2, 0.25) is 5.95 Å². The summed E-state index contributed by atoms with van der Waals surface area (Å²) in [4.78, 5) is 20.7. The number of anilines is 5. The average molecular weight is 433 g/mol. The summed E-state index contributed by atoms with van der Waals surface area (Å²) < 4.78 is 19.1. The molecule has 31 heavy (non-hydrogen) atoms. The summed E-state index contributed by atoms with van der Waals surface area (Å²) in [5, 5.41) is 18.5. The number of nitrogens with two attached hydrogens (primary N) is 1. The number of nitrogen functional groups attached to an aromatic ring is 1. The summed E-state index contributed by atoms with van der Waals surface area (Å²) >= 11 is 0. The molecule has 1 heterocycles. The molecule has 168 valence electrons. The van der Waals surface area contributed by atoms with Gasteiger partial charge in [-0.25, -0.2) is 14.2 Å². The molecule has 0 spiro atoms. The molecular formula is C21H29FN6O3. The van der Waals surface area contributed by atoms with E-state index in [0.717, 1.165) is 25.7 Å². The van der Waals surface area contributed by atoms with Crippen LogP contribution in [0.4, 0.5) is 38.0 Å². The summed E-state index contributed by atoms with van der Waals surface area (Å²) in [6.45, 7) is 5.25. The minimum absolute atomic E-state index is 0.145. The van der Waals surface area contributed by atoms with Gasteiger partial charge in [-0.2, -0.15) is 4.98 Å². The summed E-state index contributed by atoms with van der Waals surface area (Å²) in [7, 11) is 0. The van der Waals surface area contributed by atoms with Crippen LogP contribution in [0.25, 0.3) is 0 Å². The highest BCUT2D eigenvalue weighted by Gasteiger charge is 2.21. The van der Waals surface area contributed by atoms with E-state index in [0.29, 0.717) is 17.2 Å². The van der Waals surface area contributed by atoms with Crippen molar-refractivity contribution in [1.82, 2.24) is 9.97 Å². The molecule has 1 aliphatic rings. The van der Waals surface area contributed by atoms with Crippen molar-refractivity contribution in [3.05, 3.63) is 30.2 Å². The van der Waals surface area contributed by atoms with Crippen LogP contribution in [0.5, 0.6) is 0 Å². The van der Waals surface area contributed by atoms with Crippen LogP contribution in [0.3, 0.4) is 0 Å². The number of aromatic nitrogens is 2. The van der Waals surface area contributed by atoms with Gasteiger partial charge in [0, 0.05) is 6.04 Å². The van der Waals surface area contributed by atoms with Crippen LogP contribution in [0.15, 0.2) is 24.4 Å². The van der Waals surface area contributed by atoms with E-state index in [1.54, 1.807) is 20.8 Å². The second-order valence-corrected chi connectivity index (χ2v) is 8.59. The molecule has 1 amide bonds. The van der Waals surface area contributed by atoms with Crippen LogP contribution in [0.2, 0.25) is 0 Å². The van der Waals surface area contributed by atoms with Crippen LogP contribution in [-0.4, -0.2) is 38.9 Å². The van der Waals surface area contributed by atoms with Crippen molar-refractivity contribution >= 4 is 34.9 Å². The number of carbonyl (C=O) groups is 1. The minimum Gasteiger partial charge on any atom is -0.444 e. The Labute approximate surface area is 180 Å². The largest absolute Gasteiger partial charge is 0.444 e. The highest BCUT2D eigenvalue weighted by atomic mass is 19.1. The number of nitrogens with zero attached hydrogens (tertiary/aromatic N) is 2. The number of hydrogen-bond acceptors (Lipinski definition) is 8. The number of aliphatic hydroxyl groups is 1. The van der Waals surface area contributed by atoms with Gasteiger partial charge in [-0.15, -0.1) is 0 Å². The number of nitrogens with one attached hydrogen (secondary N) is 3. The molecule has 1 aromatic carbocycles. The summed E-state index contributed by atoms with van der Waals surface area (Å²) in [5.41, 5.74) is 6.29. The van der Waals surface area contributed by atoms with E-state index >= 15 is 0 Å². The average Bonchev–Trinajstić information content (AvgIpc) is 2.67. The van der Waals surface area contributed by atoms with Crippen LogP contribution in [0.1, 0.15) is 46.5 Å². The van der Waals surface area contributed by atoms with Gasteiger partial charge in [0.15, 0.2) is 5.82 Å². The van der Waals surface area contributed by atoms with Crippen molar-refractivity contribution in [2.75, 3.05) is 21.7 Å². The lowest BCUT2D eigenvalue weighted by molar-refractivity contribution is 0.0636. The number of ether oxygens (including phenoxy) is 1. The number of amides is 1. The Balaban J connectivity index is 1.76. The molecule has 3 rings (SSSR count). The van der Waals surface area contributed by atoms with Crippen molar-refractivity contribution in [2.24, 2.45) is 0 Å². The van der Waals surface area contributed by atoms with Gasteiger partial charge in [0.05, 0.1) is 29.4 Å². The lowest BCUT2D eigenvalue weighted by Crippen LogP contribution is -2.29. The monoisotopic (exact) mass is 432 g/mol. The first-order valence-electron chi connectivity index (χ1n) is 10.2. The molecule has 0 radical (unpaired) electrons. The minimum atomic E-state index is -0.673. The lowest BCUT2D eigenvalue weighted by atomic mass is 9.93. The number of benzene rings is 1. The maximum atomic E-state index is 13.9. The molecule has 0 unspecified atom stereocenters. The van der Waals surface area contributed by atoms with E-state index in [9.17, 15) is 14.3 Å². The Bertz CT molecular complexity index is 926. The second kappa shape index (κ2) is 9.34. The molecule has 1 aromatic heterocycles. The van der Waals surface area contributed by atoms with Crippen LogP contribution < -0.4 is 21.7 Å². The first-order chi connectivity index (χ1) is 14.6. The van der Waals surface area contributed by atoms with Crippen LogP contribution >= 0.6 is 0 Å². The topological polar surface area (TPSA) is 134 Å². The van der Waals surface area contributed by atoms with Gasteiger partial charge >= 0.3 is 6.09 Å². The van der Waals surface area contributed by atoms with E-state index in [-0.39, 0.29) is 23.8 Å². The molecule has 1 fully saturated rings. The van der Waals surface area contributed by atoms with E-state index < -0.39 is 17.5 Å². The van der Waals surface area contributed by atoms with Gasteiger partial charge in [-0.3, -0.25) is 5.32 Å². The molecule has 6 N–H and O–H groups in total. The fraction of sp³-hybridized carbons (Fsp3) is 0.476. The van der Waals surface area contributed by atoms with Crippen molar-refractivity contribution < 1.29 is 19.0 Å². The van der Waals surface area contributed by atoms with Crippen molar-refractivity contribution in [1.29, 1.82) is 0 Å². The molecule has 1 aliphatic carbocycles. The van der Waals surface area contributed by atoms with Crippen LogP contribution in [0, 0.1) is 5.82 Å². The zero-order valence-electron chi connectivity index (χ0n) is 17.9. The highest BCUT2D eigenvalue weighted by molar-refractivity contribution is 5.90. The van der Waals surface area contributed by atoms with Crippen molar-refractivity contribution in [3.8, 4) is 0 Å². The standard InChI is InChI=1S/C21H29FN6O3/c1-21(2,3)31-20(30)27-16-9-4-12(22)10-17(16)26-19-24-11-15(23)18(28-19)25-13-5-7-14(29)8-6-13/h4,9-11,13-14,29H,5-8,23H2,1-3H3,(H,27,30)(H2,24,25,26,28). The molecule has 9 nitrogen and oxygen atoms in total. The van der Waals surface area contributed by atoms with E-state index in [1.165, 1.54) is 24.4 Å². The van der Waals surface area contributed by atoms with Gasteiger partial charge < -0.3 is 26.2 Å². The quantitative estimate of drug-likeness (QED) is 0.478. The van der Waals surface area contributed by atoms with E-state index in [4.69, 9.17) is 10.5 Å². The zero-order valence-corrected chi connectivity index (χ0v) is 17.9. The third-order valence-electron chi connectivity index (χ3n) is 4.72. The lowest BCUT2D eigenvalue weighted by Gasteiger charge is -2.27. The molecule has 0 saturated heterocycles. The van der Waals surface area contributed by atoms with Crippen LogP contribution in [-0.2, 0) is 4.74 Å². The molecule has 0 atom stereocenters. The molecular weight excluding hydrogens is 403 g/mol. The second-order valence-electron chi connectivity index (χ2n) is 8.59. The number of hydrogen-bond donors (Lipinski definition) is 5. The number of halogens is 1. The number of aliphatic hydroxyl groups excluding tert-OH is 1. The van der Waals surface area contributed by atoms with Gasteiger partial charge in [0.25, 0.3) is 0 Å². The maximum absolute atomic E-state index is 13.9. The first kappa shape index (κ1) is 22.5. The Morgan fingerprint density at radius 2 is 1.94 bits per heavy atom. The van der Waals surface area contributed by atoms with Gasteiger partial charge in [-0.1, -0.05) is 0 Å². The predicted octanol–water partition coefficient (Wildman–Crippen LogP) is 4.00. The number of rotatable bonds is 5. The van der Waals surface area contributed by atoms with E-state index in [1.807, 2.05) is 0 Å². The third kappa shape index (κ3) is 6.68. The highest BCUT2D eigenvalue weighted by Crippen LogP contribution is 2.28. The fourth-order valence-electron chi connectivity index (χ4n) is 3.24. The Kier molecular flexibility index (Phi) is 6.79. The van der Waals surface area contributed by atoms with Gasteiger partial charge in [-0.05, 0) is 64.7 Å². The zero-order chi connectivity index (χ0) is 22.6. The predicted molar refractivity (Wildman–Crippen MR) is 118 cm³/mol. The molecule has 0 aliphatic heterocycles. The Morgan fingerprint density at radius 1 is 1.23 bits per heavy atom. The summed E-state index contributed by atoms with van der Waals surface area (Å²) in [6.07, 6.45) is 3.58. The van der Waals surface area contributed by atoms with Crippen molar-refractivity contribution in [2.45, 2.75) is 64.2 Å². The SMILES string of the molecule is CC(C)(C)OC(=O)Nc1ccc(F)cc1Nc1ncc(N)c(NC2CCC(O)CC2)n1. The smallest absolute Gasteiger partial charge is 0.412 e. The summed E-state index contributed by atoms with van der Waals surface area (Å²) in [5.74, 6) is 0.147. The normalized spacial score (nSPS) is 18.9. The summed E-state index contributed by atoms with van der Waals surface area (Å²) in [6, 6.07) is 4.02. The van der Waals surface area contributed by atoms with Crippen molar-refractivity contribution in [3.63, 3.8) is 0 Å². The Hall–Kier alpha value is -3.14. The fourth-order valence-corrected chi connectivity index (χ4v) is 3.24.